The molecule has 0 aromatic rings. The number of nitrogens with one attached hydrogen (secondary N) is 1. The minimum Gasteiger partial charge on any atom is -0.394 e. The second-order valence-electron chi connectivity index (χ2n) is 15.6. The summed E-state index contributed by atoms with van der Waals surface area (Å²) >= 11 is 0. The van der Waals surface area contributed by atoms with E-state index in [1.165, 1.54) is 141 Å². The van der Waals surface area contributed by atoms with Gasteiger partial charge >= 0.3 is 0 Å². The molecular weight excluding hydrogens is 667 g/mol. The van der Waals surface area contributed by atoms with E-state index in [2.05, 4.69) is 67.8 Å². The van der Waals surface area contributed by atoms with Gasteiger partial charge in [-0.25, -0.2) is 0 Å². The minimum atomic E-state index is -1.11. The van der Waals surface area contributed by atoms with Gasteiger partial charge in [0.2, 0.25) is 5.91 Å². The molecule has 0 aliphatic heterocycles. The fourth-order valence-electron chi connectivity index (χ4n) is 6.72. The van der Waals surface area contributed by atoms with Crippen molar-refractivity contribution < 1.29 is 20.1 Å². The molecule has 0 rings (SSSR count). The zero-order valence-corrected chi connectivity index (χ0v) is 35.6. The van der Waals surface area contributed by atoms with Crippen molar-refractivity contribution in [2.45, 2.75) is 238 Å². The summed E-state index contributed by atoms with van der Waals surface area (Å²) < 4.78 is 0. The lowest BCUT2D eigenvalue weighted by Gasteiger charge is -2.21. The van der Waals surface area contributed by atoms with Crippen LogP contribution in [-0.2, 0) is 4.79 Å². The van der Waals surface area contributed by atoms with Crippen LogP contribution in [0.2, 0.25) is 0 Å². The SMILES string of the molecule is CC/C=C\C/C=C\CCCCCCCCCCCCCCCC(O)C(=O)NC(CO)C(O)/C=C/CC/C=C/CC/C=C/CCCCCCCCCCCC. The molecule has 0 aliphatic carbocycles. The minimum absolute atomic E-state index is 0.383. The van der Waals surface area contributed by atoms with Gasteiger partial charge in [0.1, 0.15) is 6.10 Å². The van der Waals surface area contributed by atoms with Crippen LogP contribution < -0.4 is 5.32 Å². The summed E-state index contributed by atoms with van der Waals surface area (Å²) in [5, 5.41) is 33.2. The number of carbonyl (C=O) groups excluding carboxylic acids is 1. The molecule has 0 aliphatic rings. The van der Waals surface area contributed by atoms with E-state index in [1.807, 2.05) is 6.08 Å². The first kappa shape index (κ1) is 52.0. The van der Waals surface area contributed by atoms with Crippen LogP contribution in [0, 0.1) is 0 Å². The van der Waals surface area contributed by atoms with Crippen LogP contribution in [0.1, 0.15) is 219 Å². The number of hydrogen-bond acceptors (Lipinski definition) is 4. The Hall–Kier alpha value is -1.95. The first-order valence-corrected chi connectivity index (χ1v) is 23.1. The monoisotopic (exact) mass is 756 g/mol. The fraction of sp³-hybridized carbons (Fsp3) is 0.776. The molecule has 0 bridgehead atoms. The van der Waals surface area contributed by atoms with E-state index in [9.17, 15) is 20.1 Å². The van der Waals surface area contributed by atoms with Crippen molar-refractivity contribution in [1.29, 1.82) is 0 Å². The van der Waals surface area contributed by atoms with E-state index in [0.29, 0.717) is 6.42 Å². The predicted molar refractivity (Wildman–Crippen MR) is 236 cm³/mol. The van der Waals surface area contributed by atoms with Crippen LogP contribution in [0.4, 0.5) is 0 Å². The van der Waals surface area contributed by atoms with Crippen LogP contribution in [0.5, 0.6) is 0 Å². The molecule has 3 atom stereocenters. The third-order valence-corrected chi connectivity index (χ3v) is 10.3. The highest BCUT2D eigenvalue weighted by Gasteiger charge is 2.22. The van der Waals surface area contributed by atoms with Gasteiger partial charge in [-0.05, 0) is 70.6 Å². The highest BCUT2D eigenvalue weighted by Crippen LogP contribution is 2.15. The molecule has 314 valence electrons. The number of aliphatic hydroxyl groups is 3. The van der Waals surface area contributed by atoms with Gasteiger partial charge < -0.3 is 20.6 Å². The molecule has 0 saturated heterocycles. The molecule has 1 amide bonds. The Kier molecular flexibility index (Phi) is 42.2. The molecule has 0 aromatic carbocycles. The summed E-state index contributed by atoms with van der Waals surface area (Å²) in [5.74, 6) is -0.519. The molecule has 0 spiro atoms. The summed E-state index contributed by atoms with van der Waals surface area (Å²) in [5.41, 5.74) is 0. The van der Waals surface area contributed by atoms with Crippen molar-refractivity contribution in [3.63, 3.8) is 0 Å². The van der Waals surface area contributed by atoms with Crippen molar-refractivity contribution in [3.05, 3.63) is 60.8 Å². The maximum atomic E-state index is 12.5. The Morgan fingerprint density at radius 2 is 0.870 bits per heavy atom. The van der Waals surface area contributed by atoms with Crippen molar-refractivity contribution >= 4 is 5.91 Å². The zero-order chi connectivity index (χ0) is 39.4. The van der Waals surface area contributed by atoms with E-state index < -0.39 is 24.2 Å². The van der Waals surface area contributed by atoms with E-state index in [1.54, 1.807) is 6.08 Å². The van der Waals surface area contributed by atoms with Gasteiger partial charge in [0.15, 0.2) is 0 Å². The summed E-state index contributed by atoms with van der Waals surface area (Å²) in [6.45, 7) is 4.07. The second kappa shape index (κ2) is 43.8. The summed E-state index contributed by atoms with van der Waals surface area (Å²) in [6.07, 6.45) is 58.3. The number of hydrogen-bond donors (Lipinski definition) is 4. The summed E-state index contributed by atoms with van der Waals surface area (Å²) in [4.78, 5) is 12.5. The molecule has 3 unspecified atom stereocenters. The molecule has 0 radical (unpaired) electrons. The highest BCUT2D eigenvalue weighted by atomic mass is 16.3. The number of allylic oxidation sites excluding steroid dienone is 9. The molecule has 0 heterocycles. The van der Waals surface area contributed by atoms with Gasteiger partial charge in [0.25, 0.3) is 0 Å². The lowest BCUT2D eigenvalue weighted by Crippen LogP contribution is -2.48. The first-order valence-electron chi connectivity index (χ1n) is 23.1. The van der Waals surface area contributed by atoms with E-state index in [4.69, 9.17) is 0 Å². The second-order valence-corrected chi connectivity index (χ2v) is 15.6. The van der Waals surface area contributed by atoms with Crippen molar-refractivity contribution in [2.24, 2.45) is 0 Å². The average Bonchev–Trinajstić information content (AvgIpc) is 3.18. The molecule has 4 N–H and O–H groups in total. The molecule has 54 heavy (non-hydrogen) atoms. The molecule has 0 fully saturated rings. The Morgan fingerprint density at radius 1 is 0.481 bits per heavy atom. The van der Waals surface area contributed by atoms with Crippen molar-refractivity contribution in [1.82, 2.24) is 5.32 Å². The number of carbonyl (C=O) groups is 1. The quantitative estimate of drug-likeness (QED) is 0.0369. The number of rotatable bonds is 41. The van der Waals surface area contributed by atoms with Crippen molar-refractivity contribution in [3.8, 4) is 0 Å². The summed E-state index contributed by atoms with van der Waals surface area (Å²) in [6, 6.07) is -0.823. The number of unbranched alkanes of at least 4 members (excludes halogenated alkanes) is 25. The van der Waals surface area contributed by atoms with Crippen LogP contribution >= 0.6 is 0 Å². The first-order chi connectivity index (χ1) is 26.6. The van der Waals surface area contributed by atoms with Gasteiger partial charge in [-0.1, -0.05) is 209 Å². The number of amides is 1. The zero-order valence-electron chi connectivity index (χ0n) is 35.6. The van der Waals surface area contributed by atoms with Crippen LogP contribution in [0.25, 0.3) is 0 Å². The maximum Gasteiger partial charge on any atom is 0.249 e. The van der Waals surface area contributed by atoms with Crippen LogP contribution in [0.3, 0.4) is 0 Å². The Balaban J connectivity index is 3.72. The molecule has 0 aromatic heterocycles. The van der Waals surface area contributed by atoms with Gasteiger partial charge in [-0.15, -0.1) is 0 Å². The highest BCUT2D eigenvalue weighted by molar-refractivity contribution is 5.80. The van der Waals surface area contributed by atoms with E-state index in [-0.39, 0.29) is 6.61 Å². The lowest BCUT2D eigenvalue weighted by atomic mass is 10.0. The Morgan fingerprint density at radius 3 is 1.33 bits per heavy atom. The van der Waals surface area contributed by atoms with Crippen molar-refractivity contribution in [2.75, 3.05) is 6.61 Å². The third kappa shape index (κ3) is 38.3. The predicted octanol–water partition coefficient (Wildman–Crippen LogP) is 13.5. The van der Waals surface area contributed by atoms with Gasteiger partial charge in [-0.3, -0.25) is 4.79 Å². The van der Waals surface area contributed by atoms with E-state index in [0.717, 1.165) is 57.8 Å². The van der Waals surface area contributed by atoms with Gasteiger partial charge in [0, 0.05) is 0 Å². The normalized spacial score (nSPS) is 14.1. The smallest absolute Gasteiger partial charge is 0.249 e. The van der Waals surface area contributed by atoms with Crippen LogP contribution in [-0.4, -0.2) is 46.1 Å². The fourth-order valence-corrected chi connectivity index (χ4v) is 6.72. The van der Waals surface area contributed by atoms with Crippen LogP contribution in [0.15, 0.2) is 60.8 Å². The largest absolute Gasteiger partial charge is 0.394 e. The van der Waals surface area contributed by atoms with Gasteiger partial charge in [-0.2, -0.15) is 0 Å². The molecular formula is C49H89NO4. The molecule has 0 saturated carbocycles. The summed E-state index contributed by atoms with van der Waals surface area (Å²) in [7, 11) is 0. The third-order valence-electron chi connectivity index (χ3n) is 10.3. The maximum absolute atomic E-state index is 12.5. The Labute approximate surface area is 335 Å². The molecule has 5 heteroatoms. The lowest BCUT2D eigenvalue weighted by molar-refractivity contribution is -0.131. The Bertz CT molecular complexity index is 923. The van der Waals surface area contributed by atoms with E-state index >= 15 is 0 Å². The average molecular weight is 756 g/mol. The van der Waals surface area contributed by atoms with Gasteiger partial charge in [0.05, 0.1) is 18.8 Å². The standard InChI is InChI=1S/C49H89NO4/c1-3-5-7-9-11-13-15-17-19-21-23-25-27-29-31-33-35-37-39-41-43-47(52)46(45-51)50-49(54)48(53)44-42-40-38-36-34-32-30-28-26-24-22-20-18-16-14-12-10-8-6-4-2/h6,8,12,14,25,27,33,35,41,43,46-48,51-53H,3-5,7,9-11,13,15-24,26,28-32,34,36-40,42,44-45H2,1-2H3,(H,50,54)/b8-6-,14-12-,27-25+,35-33+,43-41+. The topological polar surface area (TPSA) is 89.8 Å². The number of aliphatic hydroxyl groups excluding tert-OH is 3. The molecule has 5 nitrogen and oxygen atoms in total.